The molecule has 0 atom stereocenters. The van der Waals surface area contributed by atoms with Crippen molar-refractivity contribution < 1.29 is 45.8 Å². The van der Waals surface area contributed by atoms with E-state index in [4.69, 9.17) is 9.47 Å². The van der Waals surface area contributed by atoms with Gasteiger partial charge >= 0.3 is 11.9 Å². The van der Waals surface area contributed by atoms with E-state index in [2.05, 4.69) is 0 Å². The Morgan fingerprint density at radius 1 is 0.800 bits per heavy atom. The SMILES string of the molecule is CCOC(=O)c1sc(NC(=O)c2c(F)c(F)c(F)c(F)c2F)c(C(=O)OCC)c1C. The van der Waals surface area contributed by atoms with Crippen molar-refractivity contribution in [2.75, 3.05) is 18.5 Å². The highest BCUT2D eigenvalue weighted by molar-refractivity contribution is 7.18. The number of hydrogen-bond acceptors (Lipinski definition) is 6. The monoisotopic (exact) mass is 451 g/mol. The van der Waals surface area contributed by atoms with Gasteiger partial charge in [-0.3, -0.25) is 4.79 Å². The first-order valence-corrected chi connectivity index (χ1v) is 9.18. The highest BCUT2D eigenvalue weighted by atomic mass is 32.1. The number of benzene rings is 1. The Balaban J connectivity index is 2.57. The maximum Gasteiger partial charge on any atom is 0.348 e. The van der Waals surface area contributed by atoms with Gasteiger partial charge in [0.2, 0.25) is 5.82 Å². The van der Waals surface area contributed by atoms with Gasteiger partial charge in [-0.15, -0.1) is 11.3 Å². The van der Waals surface area contributed by atoms with E-state index in [0.29, 0.717) is 11.3 Å². The van der Waals surface area contributed by atoms with Gasteiger partial charge in [-0.05, 0) is 26.3 Å². The smallest absolute Gasteiger partial charge is 0.348 e. The number of thiophene rings is 1. The molecule has 0 bridgehead atoms. The van der Waals surface area contributed by atoms with Crippen molar-refractivity contribution >= 4 is 34.2 Å². The lowest BCUT2D eigenvalue weighted by Gasteiger charge is -2.10. The first-order chi connectivity index (χ1) is 14.1. The number of carbonyl (C=O) groups excluding carboxylic acids is 3. The van der Waals surface area contributed by atoms with Crippen LogP contribution in [0.3, 0.4) is 0 Å². The van der Waals surface area contributed by atoms with Gasteiger partial charge in [0.15, 0.2) is 23.3 Å². The van der Waals surface area contributed by atoms with E-state index in [0.717, 1.165) is 0 Å². The van der Waals surface area contributed by atoms with Crippen molar-refractivity contribution in [3.63, 3.8) is 0 Å². The van der Waals surface area contributed by atoms with Gasteiger partial charge in [0.05, 0.1) is 18.8 Å². The van der Waals surface area contributed by atoms with Gasteiger partial charge in [0.25, 0.3) is 5.91 Å². The molecule has 0 aliphatic rings. The minimum Gasteiger partial charge on any atom is -0.462 e. The molecule has 0 aliphatic carbocycles. The Kier molecular flexibility index (Phi) is 7.13. The average molecular weight is 451 g/mol. The van der Waals surface area contributed by atoms with Gasteiger partial charge in [-0.2, -0.15) is 0 Å². The normalized spacial score (nSPS) is 10.7. The zero-order valence-corrected chi connectivity index (χ0v) is 16.6. The van der Waals surface area contributed by atoms with Crippen LogP contribution in [0.5, 0.6) is 0 Å². The summed E-state index contributed by atoms with van der Waals surface area (Å²) in [5.74, 6) is -15.3. The Bertz CT molecular complexity index is 1010. The molecule has 12 heteroatoms. The molecule has 0 radical (unpaired) electrons. The maximum absolute atomic E-state index is 13.9. The van der Waals surface area contributed by atoms with Gasteiger partial charge < -0.3 is 14.8 Å². The molecule has 1 amide bonds. The molecule has 1 aromatic heterocycles. The molecule has 1 heterocycles. The standard InChI is InChI=1S/C18H14F5NO5S/c1-4-28-17(26)7-6(3)14(18(27)29-5-2)30-16(7)24-15(25)8-9(19)11(21)13(23)12(22)10(8)20/h4-5H2,1-3H3,(H,24,25). The molecule has 0 saturated heterocycles. The zero-order valence-electron chi connectivity index (χ0n) is 15.8. The zero-order chi connectivity index (χ0) is 22.7. The summed E-state index contributed by atoms with van der Waals surface area (Å²) in [6, 6.07) is 0. The fraction of sp³-hybridized carbons (Fsp3) is 0.278. The summed E-state index contributed by atoms with van der Waals surface area (Å²) in [6.45, 7) is 4.27. The second kappa shape index (κ2) is 9.20. The molecule has 0 saturated carbocycles. The number of halogens is 5. The number of ether oxygens (including phenoxy) is 2. The van der Waals surface area contributed by atoms with Crippen LogP contribution in [0.4, 0.5) is 27.0 Å². The Labute approximate surface area is 170 Å². The molecule has 6 nitrogen and oxygen atoms in total. The van der Waals surface area contributed by atoms with E-state index >= 15 is 0 Å². The number of rotatable bonds is 6. The van der Waals surface area contributed by atoms with E-state index in [1.54, 1.807) is 0 Å². The minimum absolute atomic E-state index is 0.00282. The molecule has 0 spiro atoms. The molecular formula is C18H14F5NO5S. The summed E-state index contributed by atoms with van der Waals surface area (Å²) in [6.07, 6.45) is 0. The maximum atomic E-state index is 13.9. The van der Waals surface area contributed by atoms with Gasteiger partial charge in [-0.1, -0.05) is 0 Å². The van der Waals surface area contributed by atoms with Crippen LogP contribution in [0, 0.1) is 36.0 Å². The van der Waals surface area contributed by atoms with E-state index in [9.17, 15) is 36.3 Å². The molecule has 0 unspecified atom stereocenters. The van der Waals surface area contributed by atoms with Crippen LogP contribution in [-0.2, 0) is 9.47 Å². The number of nitrogens with one attached hydrogen (secondary N) is 1. The summed E-state index contributed by atoms with van der Waals surface area (Å²) in [4.78, 5) is 36.5. The molecule has 2 rings (SSSR count). The number of carbonyl (C=O) groups is 3. The third-order valence-electron chi connectivity index (χ3n) is 3.75. The molecule has 1 N–H and O–H groups in total. The van der Waals surface area contributed by atoms with Gasteiger partial charge in [0.1, 0.15) is 15.4 Å². The second-order valence-corrected chi connectivity index (χ2v) is 6.62. The fourth-order valence-electron chi connectivity index (χ4n) is 2.41. The van der Waals surface area contributed by atoms with Crippen molar-refractivity contribution in [3.05, 3.63) is 50.7 Å². The molecule has 0 fully saturated rings. The molecule has 0 aliphatic heterocycles. The minimum atomic E-state index is -2.43. The van der Waals surface area contributed by atoms with Crippen LogP contribution in [-0.4, -0.2) is 31.1 Å². The Hall–Kier alpha value is -3.02. The van der Waals surface area contributed by atoms with E-state index in [1.807, 2.05) is 5.32 Å². The molecule has 1 aromatic carbocycles. The van der Waals surface area contributed by atoms with Gasteiger partial charge in [0, 0.05) is 0 Å². The van der Waals surface area contributed by atoms with Crippen molar-refractivity contribution in [2.45, 2.75) is 20.8 Å². The fourth-order valence-corrected chi connectivity index (χ4v) is 3.50. The summed E-state index contributed by atoms with van der Waals surface area (Å²) >= 11 is 0.521. The van der Waals surface area contributed by atoms with Crippen molar-refractivity contribution in [2.24, 2.45) is 0 Å². The summed E-state index contributed by atoms with van der Waals surface area (Å²) in [5, 5.41) is 1.53. The van der Waals surface area contributed by atoms with Crippen LogP contribution < -0.4 is 5.32 Å². The van der Waals surface area contributed by atoms with E-state index in [-0.39, 0.29) is 34.2 Å². The topological polar surface area (TPSA) is 81.7 Å². The van der Waals surface area contributed by atoms with Crippen LogP contribution in [0.25, 0.3) is 0 Å². The van der Waals surface area contributed by atoms with Gasteiger partial charge in [-0.25, -0.2) is 31.5 Å². The van der Waals surface area contributed by atoms with Crippen molar-refractivity contribution in [1.82, 2.24) is 0 Å². The number of amides is 1. The lowest BCUT2D eigenvalue weighted by atomic mass is 10.1. The number of anilines is 1. The highest BCUT2D eigenvalue weighted by Gasteiger charge is 2.32. The van der Waals surface area contributed by atoms with Crippen LogP contribution in [0.15, 0.2) is 0 Å². The highest BCUT2D eigenvalue weighted by Crippen LogP contribution is 2.35. The predicted octanol–water partition coefficient (Wildman–Crippen LogP) is 4.36. The van der Waals surface area contributed by atoms with Crippen molar-refractivity contribution in [1.29, 1.82) is 0 Å². The third kappa shape index (κ3) is 4.13. The summed E-state index contributed by atoms with van der Waals surface area (Å²) < 4.78 is 77.5. The third-order valence-corrected chi connectivity index (χ3v) is 4.94. The van der Waals surface area contributed by atoms with Crippen molar-refractivity contribution in [3.8, 4) is 0 Å². The second-order valence-electron chi connectivity index (χ2n) is 5.60. The van der Waals surface area contributed by atoms with E-state index in [1.165, 1.54) is 20.8 Å². The molecule has 30 heavy (non-hydrogen) atoms. The summed E-state index contributed by atoms with van der Waals surface area (Å²) in [7, 11) is 0. The quantitative estimate of drug-likeness (QED) is 0.306. The molecule has 162 valence electrons. The first-order valence-electron chi connectivity index (χ1n) is 8.37. The molecular weight excluding hydrogens is 437 g/mol. The Morgan fingerprint density at radius 3 is 1.77 bits per heavy atom. The largest absolute Gasteiger partial charge is 0.462 e. The van der Waals surface area contributed by atoms with Crippen LogP contribution in [0.1, 0.15) is 49.8 Å². The lowest BCUT2D eigenvalue weighted by molar-refractivity contribution is 0.0527. The molecule has 2 aromatic rings. The number of hydrogen-bond donors (Lipinski definition) is 1. The lowest BCUT2D eigenvalue weighted by Crippen LogP contribution is -2.20. The summed E-state index contributed by atoms with van der Waals surface area (Å²) in [5.41, 5.74) is -2.02. The van der Waals surface area contributed by atoms with Crippen LogP contribution in [0.2, 0.25) is 0 Å². The van der Waals surface area contributed by atoms with Crippen LogP contribution >= 0.6 is 11.3 Å². The Morgan fingerprint density at radius 2 is 1.27 bits per heavy atom. The predicted molar refractivity (Wildman–Crippen MR) is 95.2 cm³/mol. The van der Waals surface area contributed by atoms with E-state index < -0.39 is 52.5 Å². The first kappa shape index (κ1) is 23.3. The number of esters is 2. The average Bonchev–Trinajstić information content (AvgIpc) is 3.01.